The van der Waals surface area contributed by atoms with Crippen LogP contribution in [0.4, 0.5) is 4.39 Å². The normalized spacial score (nSPS) is 12.5. The third-order valence-corrected chi connectivity index (χ3v) is 6.14. The zero-order valence-electron chi connectivity index (χ0n) is 16.9. The zero-order chi connectivity index (χ0) is 22.1. The minimum Gasteiger partial charge on any atom is -0.452 e. The molecule has 1 aliphatic rings. The summed E-state index contributed by atoms with van der Waals surface area (Å²) in [5.74, 6) is -0.731. The molecule has 156 valence electrons. The van der Waals surface area contributed by atoms with E-state index in [-0.39, 0.29) is 23.0 Å². The van der Waals surface area contributed by atoms with Crippen molar-refractivity contribution in [2.45, 2.75) is 13.1 Å². The number of para-hydroxylation sites is 1. The molecular weight excluding hydrogens is 423 g/mol. The molecule has 0 saturated carbocycles. The second-order valence-corrected chi connectivity index (χ2v) is 8.27. The van der Waals surface area contributed by atoms with Crippen LogP contribution in [0.1, 0.15) is 27.0 Å². The molecule has 0 saturated heterocycles. The van der Waals surface area contributed by atoms with E-state index in [1.165, 1.54) is 23.8 Å². The number of fused-ring (bicyclic) bond motifs is 1. The van der Waals surface area contributed by atoms with Crippen LogP contribution < -0.4 is 4.74 Å². The average molecular weight is 440 g/mol. The predicted molar refractivity (Wildman–Crippen MR) is 121 cm³/mol. The number of nitrogens with zero attached hydrogens (tertiary/aromatic N) is 2. The number of ether oxygens (including phenoxy) is 1. The summed E-state index contributed by atoms with van der Waals surface area (Å²) in [5.41, 5.74) is 4.65. The van der Waals surface area contributed by atoms with Gasteiger partial charge in [0.25, 0.3) is 5.91 Å². The first kappa shape index (κ1) is 20.0. The molecule has 0 spiro atoms. The Morgan fingerprint density at radius 3 is 2.59 bits per heavy atom. The summed E-state index contributed by atoms with van der Waals surface area (Å²) in [5, 5.41) is 13.4. The molecule has 0 radical (unpaired) electrons. The average Bonchev–Trinajstić information content (AvgIpc) is 3.45. The van der Waals surface area contributed by atoms with E-state index in [1.807, 2.05) is 29.6 Å². The van der Waals surface area contributed by atoms with Crippen molar-refractivity contribution in [3.8, 4) is 28.7 Å². The fraction of sp³-hybridized carbons (Fsp3) is 0.0769. The first-order valence-corrected chi connectivity index (χ1v) is 11.0. The summed E-state index contributed by atoms with van der Waals surface area (Å²) >= 11 is 1.66. The van der Waals surface area contributed by atoms with E-state index in [2.05, 4.69) is 23.6 Å². The molecule has 2 heterocycles. The molecule has 0 aliphatic carbocycles. The molecule has 0 fully saturated rings. The summed E-state index contributed by atoms with van der Waals surface area (Å²) in [6.07, 6.45) is 0. The molecule has 1 aliphatic heterocycles. The lowest BCUT2D eigenvalue weighted by Gasteiger charge is -2.16. The van der Waals surface area contributed by atoms with Crippen molar-refractivity contribution in [2.24, 2.45) is 0 Å². The second-order valence-electron chi connectivity index (χ2n) is 7.49. The minimum atomic E-state index is -0.644. The number of amides is 1. The van der Waals surface area contributed by atoms with Gasteiger partial charge in [-0.25, -0.2) is 4.39 Å². The van der Waals surface area contributed by atoms with Gasteiger partial charge in [-0.05, 0) is 57.3 Å². The SMILES string of the molecule is N#Cc1cccc(F)c1Oc1cccc2c1C(=O)N(Cc1ccc(-c3ccsc3)cc1)C2. The fourth-order valence-electron chi connectivity index (χ4n) is 3.86. The number of rotatable bonds is 5. The van der Waals surface area contributed by atoms with E-state index in [0.29, 0.717) is 18.7 Å². The fourth-order valence-corrected chi connectivity index (χ4v) is 4.53. The highest BCUT2D eigenvalue weighted by Crippen LogP contribution is 2.36. The molecule has 0 unspecified atom stereocenters. The summed E-state index contributed by atoms with van der Waals surface area (Å²) in [6, 6.07) is 21.6. The quantitative estimate of drug-likeness (QED) is 0.362. The van der Waals surface area contributed by atoms with Gasteiger partial charge in [0.15, 0.2) is 11.6 Å². The molecule has 1 amide bonds. The number of carbonyl (C=O) groups excluding carboxylic acids is 1. The summed E-state index contributed by atoms with van der Waals surface area (Å²) < 4.78 is 20.1. The molecule has 0 atom stereocenters. The molecule has 5 rings (SSSR count). The maximum Gasteiger partial charge on any atom is 0.258 e. The topological polar surface area (TPSA) is 53.3 Å². The van der Waals surface area contributed by atoms with E-state index in [1.54, 1.807) is 28.4 Å². The number of halogens is 1. The van der Waals surface area contributed by atoms with E-state index in [4.69, 9.17) is 4.74 Å². The van der Waals surface area contributed by atoms with Crippen molar-refractivity contribution in [1.29, 1.82) is 5.26 Å². The van der Waals surface area contributed by atoms with Gasteiger partial charge in [0.1, 0.15) is 11.8 Å². The van der Waals surface area contributed by atoms with Gasteiger partial charge in [-0.2, -0.15) is 16.6 Å². The summed E-state index contributed by atoms with van der Waals surface area (Å²) in [6.45, 7) is 0.903. The van der Waals surface area contributed by atoms with Crippen LogP contribution in [0.15, 0.2) is 77.5 Å². The monoisotopic (exact) mass is 440 g/mol. The molecule has 6 heteroatoms. The third-order valence-electron chi connectivity index (χ3n) is 5.46. The number of benzene rings is 3. The smallest absolute Gasteiger partial charge is 0.258 e. The van der Waals surface area contributed by atoms with Crippen molar-refractivity contribution in [1.82, 2.24) is 4.90 Å². The van der Waals surface area contributed by atoms with Gasteiger partial charge in [0.05, 0.1) is 11.1 Å². The van der Waals surface area contributed by atoms with Gasteiger partial charge in [-0.15, -0.1) is 0 Å². The van der Waals surface area contributed by atoms with Crippen molar-refractivity contribution in [3.05, 3.63) is 106 Å². The lowest BCUT2D eigenvalue weighted by atomic mass is 10.1. The van der Waals surface area contributed by atoms with Gasteiger partial charge in [0, 0.05) is 13.1 Å². The molecule has 32 heavy (non-hydrogen) atoms. The Hall–Kier alpha value is -3.95. The number of carbonyl (C=O) groups is 1. The van der Waals surface area contributed by atoms with E-state index >= 15 is 0 Å². The largest absolute Gasteiger partial charge is 0.452 e. The highest BCUT2D eigenvalue weighted by Gasteiger charge is 2.31. The molecule has 0 bridgehead atoms. The lowest BCUT2D eigenvalue weighted by molar-refractivity contribution is 0.0765. The van der Waals surface area contributed by atoms with Gasteiger partial charge >= 0.3 is 0 Å². The van der Waals surface area contributed by atoms with Crippen molar-refractivity contribution >= 4 is 17.2 Å². The van der Waals surface area contributed by atoms with Crippen LogP contribution >= 0.6 is 11.3 Å². The standard InChI is InChI=1S/C26H17FN2O2S/c27-22-5-1-3-19(13-28)25(22)31-23-6-2-4-20-15-29(26(30)24(20)23)14-17-7-9-18(10-8-17)21-11-12-32-16-21/h1-12,16H,14-15H2. The Balaban J connectivity index is 1.38. The number of nitriles is 1. The van der Waals surface area contributed by atoms with Crippen LogP contribution in [-0.4, -0.2) is 10.8 Å². The Morgan fingerprint density at radius 2 is 1.84 bits per heavy atom. The predicted octanol–water partition coefficient (Wildman–Crippen LogP) is 6.37. The number of thiophene rings is 1. The summed E-state index contributed by atoms with van der Waals surface area (Å²) in [4.78, 5) is 14.9. The first-order valence-electron chi connectivity index (χ1n) is 10.0. The Kier molecular flexibility index (Phi) is 5.18. The van der Waals surface area contributed by atoms with Crippen LogP contribution in [0.3, 0.4) is 0 Å². The van der Waals surface area contributed by atoms with Crippen LogP contribution in [0.2, 0.25) is 0 Å². The maximum atomic E-state index is 14.3. The van der Waals surface area contributed by atoms with E-state index in [0.717, 1.165) is 16.7 Å². The molecule has 1 aromatic heterocycles. The van der Waals surface area contributed by atoms with Crippen LogP contribution in [0, 0.1) is 17.1 Å². The molecule has 0 N–H and O–H groups in total. The lowest BCUT2D eigenvalue weighted by Crippen LogP contribution is -2.23. The Labute approximate surface area is 188 Å². The van der Waals surface area contributed by atoms with Crippen molar-refractivity contribution in [2.75, 3.05) is 0 Å². The van der Waals surface area contributed by atoms with Crippen LogP contribution in [0.25, 0.3) is 11.1 Å². The highest BCUT2D eigenvalue weighted by atomic mass is 32.1. The van der Waals surface area contributed by atoms with E-state index in [9.17, 15) is 14.4 Å². The second kappa shape index (κ2) is 8.29. The first-order chi connectivity index (χ1) is 15.6. The van der Waals surface area contributed by atoms with Crippen LogP contribution in [0.5, 0.6) is 11.5 Å². The Morgan fingerprint density at radius 1 is 1.03 bits per heavy atom. The molecule has 4 nitrogen and oxygen atoms in total. The molecular formula is C26H17FN2O2S. The Bertz CT molecular complexity index is 1340. The van der Waals surface area contributed by atoms with Crippen molar-refractivity contribution < 1.29 is 13.9 Å². The molecule has 4 aromatic rings. The molecule has 3 aromatic carbocycles. The number of hydrogen-bond donors (Lipinski definition) is 0. The third kappa shape index (κ3) is 3.64. The van der Waals surface area contributed by atoms with Crippen molar-refractivity contribution in [3.63, 3.8) is 0 Å². The zero-order valence-corrected chi connectivity index (χ0v) is 17.7. The number of hydrogen-bond acceptors (Lipinski definition) is 4. The van der Waals surface area contributed by atoms with Gasteiger partial charge in [-0.3, -0.25) is 4.79 Å². The summed E-state index contributed by atoms with van der Waals surface area (Å²) in [7, 11) is 0. The highest BCUT2D eigenvalue weighted by molar-refractivity contribution is 7.08. The maximum absolute atomic E-state index is 14.3. The van der Waals surface area contributed by atoms with Gasteiger partial charge in [-0.1, -0.05) is 42.5 Å². The van der Waals surface area contributed by atoms with Gasteiger partial charge in [0.2, 0.25) is 0 Å². The minimum absolute atomic E-state index is 0.0793. The van der Waals surface area contributed by atoms with Crippen LogP contribution in [-0.2, 0) is 13.1 Å². The van der Waals surface area contributed by atoms with Gasteiger partial charge < -0.3 is 9.64 Å². The van der Waals surface area contributed by atoms with E-state index < -0.39 is 5.82 Å².